The van der Waals surface area contributed by atoms with E-state index in [0.29, 0.717) is 10.8 Å². The average molecular weight is 430 g/mol. The lowest BCUT2D eigenvalue weighted by atomic mass is 10.2. The number of benzene rings is 3. The highest BCUT2D eigenvalue weighted by atomic mass is 32.2. The maximum Gasteiger partial charge on any atom is 0.271 e. The number of nitro benzene ring substituents is 1. The number of nitrogens with one attached hydrogen (secondary N) is 1. The maximum absolute atomic E-state index is 12.5. The van der Waals surface area contributed by atoms with Crippen LogP contribution in [0.2, 0.25) is 0 Å². The van der Waals surface area contributed by atoms with E-state index in [4.69, 9.17) is 4.98 Å². The van der Waals surface area contributed by atoms with Crippen LogP contribution in [0, 0.1) is 10.1 Å². The third kappa shape index (κ3) is 4.99. The highest BCUT2D eigenvalue weighted by Gasteiger charge is 2.14. The van der Waals surface area contributed by atoms with E-state index in [9.17, 15) is 14.9 Å². The lowest BCUT2D eigenvalue weighted by molar-refractivity contribution is -0.384. The molecule has 154 valence electrons. The van der Waals surface area contributed by atoms with Crippen molar-refractivity contribution in [2.24, 2.45) is 0 Å². The highest BCUT2D eigenvalue weighted by Crippen LogP contribution is 2.27. The number of non-ortho nitro benzene ring substituents is 1. The number of carbonyl (C=O) groups is 1. The molecule has 0 aliphatic carbocycles. The number of hydrogen-bond donors (Lipinski definition) is 1. The van der Waals surface area contributed by atoms with Gasteiger partial charge in [0.1, 0.15) is 0 Å². The fourth-order valence-corrected chi connectivity index (χ4v) is 3.80. The Morgan fingerprint density at radius 1 is 1.00 bits per heavy atom. The quantitative estimate of drug-likeness (QED) is 0.248. The molecule has 8 heteroatoms. The molecular weight excluding hydrogens is 412 g/mol. The third-order valence-corrected chi connectivity index (χ3v) is 5.40. The highest BCUT2D eigenvalue weighted by molar-refractivity contribution is 7.99. The van der Waals surface area contributed by atoms with Gasteiger partial charge in [0, 0.05) is 35.3 Å². The van der Waals surface area contributed by atoms with E-state index in [2.05, 4.69) is 5.32 Å². The van der Waals surface area contributed by atoms with Crippen LogP contribution in [0.4, 0.5) is 11.4 Å². The number of nitrogens with zero attached hydrogens (tertiary/aromatic N) is 3. The largest absolute Gasteiger partial charge is 0.325 e. The molecule has 7 nitrogen and oxygen atoms in total. The van der Waals surface area contributed by atoms with Crippen molar-refractivity contribution in [3.05, 3.63) is 101 Å². The van der Waals surface area contributed by atoms with Gasteiger partial charge in [-0.2, -0.15) is 0 Å². The Balaban J connectivity index is 1.53. The van der Waals surface area contributed by atoms with E-state index in [1.165, 1.54) is 30.0 Å². The van der Waals surface area contributed by atoms with E-state index in [0.717, 1.165) is 16.9 Å². The monoisotopic (exact) mass is 430 g/mol. The van der Waals surface area contributed by atoms with Crippen molar-refractivity contribution in [2.45, 2.75) is 5.16 Å². The molecule has 4 rings (SSSR count). The van der Waals surface area contributed by atoms with Crippen LogP contribution in [-0.2, 0) is 4.79 Å². The summed E-state index contributed by atoms with van der Waals surface area (Å²) in [5, 5.41) is 14.3. The average Bonchev–Trinajstić information content (AvgIpc) is 3.23. The molecule has 0 bridgehead atoms. The summed E-state index contributed by atoms with van der Waals surface area (Å²) in [4.78, 5) is 27.6. The Bertz CT molecular complexity index is 1210. The molecule has 0 aliphatic rings. The Morgan fingerprint density at radius 2 is 1.71 bits per heavy atom. The molecule has 0 unspecified atom stereocenters. The van der Waals surface area contributed by atoms with E-state index >= 15 is 0 Å². The van der Waals surface area contributed by atoms with Crippen LogP contribution in [0.1, 0.15) is 0 Å². The number of imidazole rings is 1. The predicted molar refractivity (Wildman–Crippen MR) is 121 cm³/mol. The Kier molecular flexibility index (Phi) is 6.09. The molecule has 0 fully saturated rings. The summed E-state index contributed by atoms with van der Waals surface area (Å²) in [5.74, 6) is -0.157. The molecule has 4 aromatic rings. The Morgan fingerprint density at radius 3 is 2.42 bits per heavy atom. The first-order chi connectivity index (χ1) is 15.1. The van der Waals surface area contributed by atoms with Gasteiger partial charge in [0.25, 0.3) is 5.69 Å². The minimum absolute atomic E-state index is 0.0717. The second kappa shape index (κ2) is 9.27. The van der Waals surface area contributed by atoms with Crippen molar-refractivity contribution >= 4 is 29.0 Å². The molecule has 0 atom stereocenters. The van der Waals surface area contributed by atoms with Crippen molar-refractivity contribution in [2.75, 3.05) is 11.1 Å². The topological polar surface area (TPSA) is 90.1 Å². The molecule has 0 spiro atoms. The Labute approximate surface area is 182 Å². The zero-order valence-corrected chi connectivity index (χ0v) is 17.2. The molecule has 0 radical (unpaired) electrons. The van der Waals surface area contributed by atoms with Crippen molar-refractivity contribution in [1.29, 1.82) is 0 Å². The summed E-state index contributed by atoms with van der Waals surface area (Å²) in [6, 6.07) is 25.5. The number of thioether (sulfide) groups is 1. The molecule has 1 heterocycles. The SMILES string of the molecule is O=C(CSc1nc(-c2ccccc2)cn1-c1ccccc1)Nc1cccc([N+](=O)[O-])c1. The zero-order chi connectivity index (χ0) is 21.6. The number of aromatic nitrogens is 2. The van der Waals surface area contributed by atoms with Gasteiger partial charge in [-0.25, -0.2) is 4.98 Å². The van der Waals surface area contributed by atoms with Gasteiger partial charge >= 0.3 is 0 Å². The van der Waals surface area contributed by atoms with Gasteiger partial charge in [0.05, 0.1) is 16.4 Å². The first-order valence-corrected chi connectivity index (χ1v) is 10.5. The summed E-state index contributed by atoms with van der Waals surface area (Å²) < 4.78 is 1.95. The number of amides is 1. The van der Waals surface area contributed by atoms with Gasteiger partial charge in [0.2, 0.25) is 5.91 Å². The second-order valence-electron chi connectivity index (χ2n) is 6.62. The van der Waals surface area contributed by atoms with Crippen molar-refractivity contribution < 1.29 is 9.72 Å². The maximum atomic E-state index is 12.5. The molecule has 1 aromatic heterocycles. The normalized spacial score (nSPS) is 10.6. The lowest BCUT2D eigenvalue weighted by Crippen LogP contribution is -2.14. The second-order valence-corrected chi connectivity index (χ2v) is 7.57. The fourth-order valence-electron chi connectivity index (χ4n) is 3.01. The smallest absolute Gasteiger partial charge is 0.271 e. The molecule has 3 aromatic carbocycles. The fraction of sp³-hybridized carbons (Fsp3) is 0.0435. The van der Waals surface area contributed by atoms with Gasteiger partial charge in [-0.1, -0.05) is 66.4 Å². The van der Waals surface area contributed by atoms with Crippen LogP contribution >= 0.6 is 11.8 Å². The van der Waals surface area contributed by atoms with Crippen molar-refractivity contribution in [3.63, 3.8) is 0 Å². The lowest BCUT2D eigenvalue weighted by Gasteiger charge is -2.08. The zero-order valence-electron chi connectivity index (χ0n) is 16.3. The van der Waals surface area contributed by atoms with Gasteiger partial charge in [-0.05, 0) is 18.2 Å². The molecular formula is C23H18N4O3S. The minimum atomic E-state index is -0.494. The van der Waals surface area contributed by atoms with Crippen molar-refractivity contribution in [1.82, 2.24) is 9.55 Å². The van der Waals surface area contributed by atoms with E-state index in [1.807, 2.05) is 71.4 Å². The number of hydrogen-bond acceptors (Lipinski definition) is 5. The van der Waals surface area contributed by atoms with Crippen LogP contribution in [0.25, 0.3) is 16.9 Å². The van der Waals surface area contributed by atoms with E-state index in [-0.39, 0.29) is 17.3 Å². The number of rotatable bonds is 7. The molecule has 0 saturated carbocycles. The standard InChI is InChI=1S/C23H18N4O3S/c28-22(24-18-10-7-13-20(14-18)27(29)30)16-31-23-25-21(17-8-3-1-4-9-17)15-26(23)19-11-5-2-6-12-19/h1-15H,16H2,(H,24,28). The molecule has 1 N–H and O–H groups in total. The van der Waals surface area contributed by atoms with E-state index < -0.39 is 4.92 Å². The van der Waals surface area contributed by atoms with Crippen LogP contribution in [0.5, 0.6) is 0 Å². The summed E-state index contributed by atoms with van der Waals surface area (Å²) in [6.07, 6.45) is 1.95. The minimum Gasteiger partial charge on any atom is -0.325 e. The number of carbonyl (C=O) groups excluding carboxylic acids is 1. The predicted octanol–water partition coefficient (Wildman–Crippen LogP) is 5.18. The number of anilines is 1. The van der Waals surface area contributed by atoms with Gasteiger partial charge < -0.3 is 5.32 Å². The number of para-hydroxylation sites is 1. The number of nitro groups is 1. The Hall–Kier alpha value is -3.91. The first kappa shape index (κ1) is 20.4. The summed E-state index contributed by atoms with van der Waals surface area (Å²) >= 11 is 1.30. The van der Waals surface area contributed by atoms with Gasteiger partial charge in [-0.3, -0.25) is 19.5 Å². The van der Waals surface area contributed by atoms with Crippen LogP contribution in [-0.4, -0.2) is 26.1 Å². The van der Waals surface area contributed by atoms with E-state index in [1.54, 1.807) is 6.07 Å². The van der Waals surface area contributed by atoms with Gasteiger partial charge in [0.15, 0.2) is 5.16 Å². The first-order valence-electron chi connectivity index (χ1n) is 9.47. The molecule has 31 heavy (non-hydrogen) atoms. The molecule has 0 aliphatic heterocycles. The summed E-state index contributed by atoms with van der Waals surface area (Å²) in [5.41, 5.74) is 3.05. The summed E-state index contributed by atoms with van der Waals surface area (Å²) in [7, 11) is 0. The molecule has 1 amide bonds. The van der Waals surface area contributed by atoms with Crippen LogP contribution in [0.3, 0.4) is 0 Å². The van der Waals surface area contributed by atoms with Crippen LogP contribution in [0.15, 0.2) is 96.3 Å². The van der Waals surface area contributed by atoms with Crippen molar-refractivity contribution in [3.8, 4) is 16.9 Å². The third-order valence-electron chi connectivity index (χ3n) is 4.45. The van der Waals surface area contributed by atoms with Gasteiger partial charge in [-0.15, -0.1) is 0 Å². The summed E-state index contributed by atoms with van der Waals surface area (Å²) in [6.45, 7) is 0. The molecule has 0 saturated heterocycles. The van der Waals surface area contributed by atoms with Crippen LogP contribution < -0.4 is 5.32 Å².